The van der Waals surface area contributed by atoms with Crippen LogP contribution in [0.15, 0.2) is 24.3 Å². The largest absolute Gasteiger partial charge is 0.478 e. The van der Waals surface area contributed by atoms with E-state index in [1.807, 2.05) is 0 Å². The number of nitrogens with zero attached hydrogens (tertiary/aromatic N) is 2. The van der Waals surface area contributed by atoms with Gasteiger partial charge in [0.1, 0.15) is 0 Å². The zero-order valence-electron chi connectivity index (χ0n) is 12.0. The number of carboxylic acid groups (broad SMARTS) is 1. The van der Waals surface area contributed by atoms with Crippen LogP contribution in [-0.2, 0) is 16.6 Å². The number of likely N-dealkylation sites (N-methyl/N-ethyl adjacent to an activating group) is 1. The van der Waals surface area contributed by atoms with E-state index >= 15 is 0 Å². The van der Waals surface area contributed by atoms with Gasteiger partial charge in [0.2, 0.25) is 0 Å². The number of aromatic carboxylic acids is 1. The maximum Gasteiger partial charge on any atom is 0.335 e. The third kappa shape index (κ3) is 3.61. The molecule has 7 heteroatoms. The molecule has 0 aromatic heterocycles. The Morgan fingerprint density at radius 3 is 2.52 bits per heavy atom. The molecule has 1 aliphatic rings. The topological polar surface area (TPSA) is 77.9 Å². The van der Waals surface area contributed by atoms with Crippen molar-refractivity contribution in [3.8, 4) is 0 Å². The zero-order chi connectivity index (χ0) is 15.5. The van der Waals surface area contributed by atoms with Gasteiger partial charge in [0, 0.05) is 26.7 Å². The predicted octanol–water partition coefficient (Wildman–Crippen LogP) is 1.20. The van der Waals surface area contributed by atoms with Crippen LogP contribution in [0.25, 0.3) is 0 Å². The summed E-state index contributed by atoms with van der Waals surface area (Å²) in [5.74, 6) is -0.990. The highest BCUT2D eigenvalue weighted by Crippen LogP contribution is 2.16. The van der Waals surface area contributed by atoms with Crippen LogP contribution in [0.3, 0.4) is 0 Å². The van der Waals surface area contributed by atoms with E-state index in [2.05, 4.69) is 0 Å². The van der Waals surface area contributed by atoms with Crippen LogP contribution in [0.5, 0.6) is 0 Å². The highest BCUT2D eigenvalue weighted by Gasteiger charge is 2.29. The minimum atomic E-state index is -3.42. The van der Waals surface area contributed by atoms with Crippen molar-refractivity contribution in [2.45, 2.75) is 19.3 Å². The molecule has 1 heterocycles. The summed E-state index contributed by atoms with van der Waals surface area (Å²) in [5, 5.41) is 9.12. The minimum absolute atomic E-state index is 0.226. The van der Waals surface area contributed by atoms with Gasteiger partial charge in [0.15, 0.2) is 0 Å². The van der Waals surface area contributed by atoms with E-state index in [0.29, 0.717) is 25.1 Å². The first-order chi connectivity index (χ1) is 9.93. The lowest BCUT2D eigenvalue weighted by Gasteiger charge is -2.23. The van der Waals surface area contributed by atoms with E-state index in [-0.39, 0.29) is 12.1 Å². The van der Waals surface area contributed by atoms with Crippen LogP contribution in [0.2, 0.25) is 0 Å². The van der Waals surface area contributed by atoms with Crippen LogP contribution >= 0.6 is 0 Å². The molecule has 0 aliphatic carbocycles. The van der Waals surface area contributed by atoms with Gasteiger partial charge in [-0.1, -0.05) is 18.2 Å². The Hall–Kier alpha value is -1.44. The molecule has 0 unspecified atom stereocenters. The molecule has 0 saturated carbocycles. The molecule has 0 bridgehead atoms. The minimum Gasteiger partial charge on any atom is -0.478 e. The maximum atomic E-state index is 12.3. The molecule has 116 valence electrons. The molecule has 2 rings (SSSR count). The molecule has 1 aromatic rings. The monoisotopic (exact) mass is 312 g/mol. The molecule has 0 radical (unpaired) electrons. The number of hydrogen-bond donors (Lipinski definition) is 1. The number of rotatable bonds is 6. The molecule has 1 saturated heterocycles. The molecule has 0 amide bonds. The van der Waals surface area contributed by atoms with Crippen molar-refractivity contribution in [1.29, 1.82) is 0 Å². The van der Waals surface area contributed by atoms with Gasteiger partial charge in [-0.25, -0.2) is 4.79 Å². The number of hydrogen-bond acceptors (Lipinski definition) is 3. The first kappa shape index (κ1) is 15.9. The second kappa shape index (κ2) is 6.55. The van der Waals surface area contributed by atoms with Gasteiger partial charge in [-0.3, -0.25) is 0 Å². The van der Waals surface area contributed by atoms with Gasteiger partial charge >= 0.3 is 5.97 Å². The third-order valence-corrected chi connectivity index (χ3v) is 5.72. The van der Waals surface area contributed by atoms with Crippen LogP contribution in [0.1, 0.15) is 28.8 Å². The summed E-state index contributed by atoms with van der Waals surface area (Å²) in [6.45, 7) is 1.40. The van der Waals surface area contributed by atoms with Gasteiger partial charge in [-0.15, -0.1) is 0 Å². The van der Waals surface area contributed by atoms with Crippen molar-refractivity contribution in [3.05, 3.63) is 35.4 Å². The third-order valence-electron chi connectivity index (χ3n) is 3.73. The standard InChI is InChI=1S/C14H20N2O4S/c1-15(21(19,20)16-9-4-5-10-16)11-8-12-6-2-3-7-13(12)14(17)18/h2-3,6-7H,4-5,8-11H2,1H3,(H,17,18). The lowest BCUT2D eigenvalue weighted by Crippen LogP contribution is -2.41. The Bertz CT molecular complexity index is 609. The van der Waals surface area contributed by atoms with Gasteiger partial charge < -0.3 is 5.11 Å². The average molecular weight is 312 g/mol. The molecule has 1 aliphatic heterocycles. The molecule has 1 N–H and O–H groups in total. The van der Waals surface area contributed by atoms with Crippen molar-refractivity contribution >= 4 is 16.2 Å². The van der Waals surface area contributed by atoms with E-state index in [9.17, 15) is 13.2 Å². The van der Waals surface area contributed by atoms with Crippen molar-refractivity contribution < 1.29 is 18.3 Å². The van der Waals surface area contributed by atoms with Crippen molar-refractivity contribution in [2.75, 3.05) is 26.7 Å². The molecule has 21 heavy (non-hydrogen) atoms. The summed E-state index contributed by atoms with van der Waals surface area (Å²) < 4.78 is 27.4. The van der Waals surface area contributed by atoms with E-state index < -0.39 is 16.2 Å². The van der Waals surface area contributed by atoms with Crippen LogP contribution in [0.4, 0.5) is 0 Å². The maximum absolute atomic E-state index is 12.3. The zero-order valence-corrected chi connectivity index (χ0v) is 12.8. The lowest BCUT2D eigenvalue weighted by atomic mass is 10.1. The summed E-state index contributed by atoms with van der Waals surface area (Å²) in [5.41, 5.74) is 0.873. The molecule has 1 fully saturated rings. The summed E-state index contributed by atoms with van der Waals surface area (Å²) in [7, 11) is -1.88. The Labute approximate surface area is 125 Å². The summed E-state index contributed by atoms with van der Waals surface area (Å²) in [6.07, 6.45) is 2.18. The Morgan fingerprint density at radius 2 is 1.90 bits per heavy atom. The highest BCUT2D eigenvalue weighted by atomic mass is 32.2. The fraction of sp³-hybridized carbons (Fsp3) is 0.500. The number of benzene rings is 1. The Morgan fingerprint density at radius 1 is 1.29 bits per heavy atom. The van der Waals surface area contributed by atoms with Crippen LogP contribution in [-0.4, -0.2) is 54.8 Å². The summed E-state index contributed by atoms with van der Waals surface area (Å²) >= 11 is 0. The molecule has 1 aromatic carbocycles. The van der Waals surface area contributed by atoms with Crippen LogP contribution in [0, 0.1) is 0 Å². The number of carboxylic acids is 1. The fourth-order valence-corrected chi connectivity index (χ4v) is 3.89. The number of carbonyl (C=O) groups is 1. The first-order valence-electron chi connectivity index (χ1n) is 6.95. The quantitative estimate of drug-likeness (QED) is 0.856. The lowest BCUT2D eigenvalue weighted by molar-refractivity contribution is 0.0695. The van der Waals surface area contributed by atoms with Crippen molar-refractivity contribution in [1.82, 2.24) is 8.61 Å². The highest BCUT2D eigenvalue weighted by molar-refractivity contribution is 7.86. The van der Waals surface area contributed by atoms with E-state index in [1.165, 1.54) is 21.7 Å². The van der Waals surface area contributed by atoms with Gasteiger partial charge in [-0.05, 0) is 30.9 Å². The smallest absolute Gasteiger partial charge is 0.335 e. The second-order valence-corrected chi connectivity index (χ2v) is 7.18. The average Bonchev–Trinajstić information content (AvgIpc) is 2.99. The molecule has 0 atom stereocenters. The Kier molecular flexibility index (Phi) is 4.97. The first-order valence-corrected chi connectivity index (χ1v) is 8.35. The van der Waals surface area contributed by atoms with Gasteiger partial charge in [0.25, 0.3) is 10.2 Å². The Balaban J connectivity index is 2.04. The second-order valence-electron chi connectivity index (χ2n) is 5.15. The molecular weight excluding hydrogens is 292 g/mol. The molecular formula is C14H20N2O4S. The normalized spacial score (nSPS) is 16.5. The van der Waals surface area contributed by atoms with Crippen molar-refractivity contribution in [3.63, 3.8) is 0 Å². The van der Waals surface area contributed by atoms with E-state index in [0.717, 1.165) is 12.8 Å². The summed E-state index contributed by atoms with van der Waals surface area (Å²) in [4.78, 5) is 11.1. The van der Waals surface area contributed by atoms with Crippen molar-refractivity contribution in [2.24, 2.45) is 0 Å². The fourth-order valence-electron chi connectivity index (χ4n) is 2.46. The van der Waals surface area contributed by atoms with Gasteiger partial charge in [0.05, 0.1) is 5.56 Å². The summed E-state index contributed by atoms with van der Waals surface area (Å²) in [6, 6.07) is 6.68. The predicted molar refractivity (Wildman–Crippen MR) is 79.5 cm³/mol. The SMILES string of the molecule is CN(CCc1ccccc1C(=O)O)S(=O)(=O)N1CCCC1. The van der Waals surface area contributed by atoms with E-state index in [4.69, 9.17) is 5.11 Å². The van der Waals surface area contributed by atoms with E-state index in [1.54, 1.807) is 18.2 Å². The molecule has 0 spiro atoms. The van der Waals surface area contributed by atoms with Gasteiger partial charge in [-0.2, -0.15) is 17.0 Å². The van der Waals surface area contributed by atoms with Crippen LogP contribution < -0.4 is 0 Å². The molecule has 6 nitrogen and oxygen atoms in total.